The van der Waals surface area contributed by atoms with Gasteiger partial charge in [0.2, 0.25) is 0 Å². The lowest BCUT2D eigenvalue weighted by molar-refractivity contribution is 0.588. The molecule has 0 aliphatic carbocycles. The normalized spacial score (nSPS) is 11.4. The lowest BCUT2D eigenvalue weighted by Crippen LogP contribution is -2.15. The summed E-state index contributed by atoms with van der Waals surface area (Å²) in [6, 6.07) is 15.1. The van der Waals surface area contributed by atoms with Crippen molar-refractivity contribution in [2.45, 2.75) is 4.90 Å². The first-order valence-corrected chi connectivity index (χ1v) is 8.44. The first kappa shape index (κ1) is 14.0. The molecule has 1 aromatic carbocycles. The van der Waals surface area contributed by atoms with E-state index in [1.54, 1.807) is 36.4 Å². The topological polar surface area (TPSA) is 75.8 Å². The van der Waals surface area contributed by atoms with Crippen LogP contribution in [0.25, 0.3) is 11.0 Å². The Morgan fingerprint density at radius 2 is 1.86 bits per heavy atom. The van der Waals surface area contributed by atoms with Crippen LogP contribution >= 0.6 is 22.6 Å². The predicted octanol–water partition coefficient (Wildman–Crippen LogP) is 2.75. The SMILES string of the molecule is N#Cc1ccc2cc(I)n(S(=O)(=O)c3ccccc3)c2n1. The van der Waals surface area contributed by atoms with Crippen LogP contribution in [0.3, 0.4) is 0 Å². The summed E-state index contributed by atoms with van der Waals surface area (Å²) in [6.45, 7) is 0. The second-order valence-corrected chi connectivity index (χ2v) is 7.16. The van der Waals surface area contributed by atoms with Crippen LogP contribution in [-0.4, -0.2) is 17.4 Å². The third-order valence-electron chi connectivity index (χ3n) is 2.96. The molecule has 0 aliphatic rings. The maximum Gasteiger partial charge on any atom is 0.270 e. The van der Waals surface area contributed by atoms with Gasteiger partial charge in [0.1, 0.15) is 11.8 Å². The minimum atomic E-state index is -3.74. The minimum Gasteiger partial charge on any atom is -0.218 e. The van der Waals surface area contributed by atoms with Crippen molar-refractivity contribution in [1.29, 1.82) is 5.26 Å². The first-order chi connectivity index (χ1) is 10.0. The van der Waals surface area contributed by atoms with Gasteiger partial charge in [0.05, 0.1) is 8.60 Å². The molecule has 0 unspecified atom stereocenters. The molecule has 0 radical (unpaired) electrons. The van der Waals surface area contributed by atoms with Crippen molar-refractivity contribution in [1.82, 2.24) is 8.96 Å². The Morgan fingerprint density at radius 3 is 2.52 bits per heavy atom. The van der Waals surface area contributed by atoms with E-state index >= 15 is 0 Å². The summed E-state index contributed by atoms with van der Waals surface area (Å²) in [5.41, 5.74) is 0.448. The van der Waals surface area contributed by atoms with Crippen LogP contribution in [0, 0.1) is 15.0 Å². The molecule has 2 aromatic heterocycles. The maximum absolute atomic E-state index is 12.8. The minimum absolute atomic E-state index is 0.182. The second kappa shape index (κ2) is 5.13. The van der Waals surface area contributed by atoms with Gasteiger partial charge in [-0.25, -0.2) is 17.4 Å². The second-order valence-electron chi connectivity index (χ2n) is 4.27. The molecule has 21 heavy (non-hydrogen) atoms. The third-order valence-corrected chi connectivity index (χ3v) is 5.80. The summed E-state index contributed by atoms with van der Waals surface area (Å²) in [5, 5.41) is 9.62. The largest absolute Gasteiger partial charge is 0.270 e. The van der Waals surface area contributed by atoms with E-state index in [0.29, 0.717) is 9.09 Å². The molecular formula is C14H8IN3O2S. The molecule has 0 N–H and O–H groups in total. The Kier molecular flexibility index (Phi) is 3.43. The van der Waals surface area contributed by atoms with E-state index in [1.165, 1.54) is 16.1 Å². The number of nitrogens with zero attached hydrogens (tertiary/aromatic N) is 3. The van der Waals surface area contributed by atoms with E-state index < -0.39 is 10.0 Å². The van der Waals surface area contributed by atoms with Crippen LogP contribution in [0.15, 0.2) is 53.4 Å². The molecule has 0 spiro atoms. The molecule has 3 rings (SSSR count). The molecule has 0 fully saturated rings. The highest BCUT2D eigenvalue weighted by Gasteiger charge is 2.22. The van der Waals surface area contributed by atoms with Crippen molar-refractivity contribution in [3.05, 3.63) is 57.9 Å². The van der Waals surface area contributed by atoms with Crippen LogP contribution in [0.5, 0.6) is 0 Å². The number of pyridine rings is 1. The molecule has 0 saturated heterocycles. The third kappa shape index (κ3) is 2.30. The lowest BCUT2D eigenvalue weighted by atomic mass is 10.3. The Morgan fingerprint density at radius 1 is 1.14 bits per heavy atom. The molecule has 0 saturated carbocycles. The van der Waals surface area contributed by atoms with Gasteiger partial charge < -0.3 is 0 Å². The molecule has 2 heterocycles. The molecule has 0 aliphatic heterocycles. The highest BCUT2D eigenvalue weighted by molar-refractivity contribution is 14.1. The van der Waals surface area contributed by atoms with Crippen LogP contribution in [0.2, 0.25) is 0 Å². The van der Waals surface area contributed by atoms with Crippen LogP contribution in [0.4, 0.5) is 0 Å². The van der Waals surface area contributed by atoms with Crippen LogP contribution < -0.4 is 0 Å². The number of aromatic nitrogens is 2. The van der Waals surface area contributed by atoms with E-state index in [1.807, 2.05) is 28.7 Å². The zero-order valence-corrected chi connectivity index (χ0v) is 13.5. The standard InChI is InChI=1S/C14H8IN3O2S/c15-13-8-10-6-7-11(9-16)17-14(10)18(13)21(19,20)12-4-2-1-3-5-12/h1-8H. The van der Waals surface area contributed by atoms with Gasteiger partial charge in [-0.1, -0.05) is 18.2 Å². The van der Waals surface area contributed by atoms with Gasteiger partial charge in [0.15, 0.2) is 5.65 Å². The average Bonchev–Trinajstić information content (AvgIpc) is 2.83. The first-order valence-electron chi connectivity index (χ1n) is 5.93. The van der Waals surface area contributed by atoms with Crippen molar-refractivity contribution >= 4 is 43.6 Å². The zero-order valence-electron chi connectivity index (χ0n) is 10.6. The Hall–Kier alpha value is -1.92. The molecule has 104 valence electrons. The van der Waals surface area contributed by atoms with Gasteiger partial charge in [0, 0.05) is 5.39 Å². The Balaban J connectivity index is 2.35. The number of fused-ring (bicyclic) bond motifs is 1. The van der Waals surface area contributed by atoms with Gasteiger partial charge in [-0.05, 0) is 52.9 Å². The van der Waals surface area contributed by atoms with E-state index in [0.717, 1.165) is 0 Å². The molecule has 5 nitrogen and oxygen atoms in total. The summed E-state index contributed by atoms with van der Waals surface area (Å²) in [5.74, 6) is 0. The van der Waals surface area contributed by atoms with E-state index in [9.17, 15) is 8.42 Å². The number of hydrogen-bond donors (Lipinski definition) is 0. The maximum atomic E-state index is 12.8. The quantitative estimate of drug-likeness (QED) is 0.610. The van der Waals surface area contributed by atoms with Crippen molar-refractivity contribution in [3.8, 4) is 6.07 Å². The van der Waals surface area contributed by atoms with E-state index in [-0.39, 0.29) is 16.2 Å². The van der Waals surface area contributed by atoms with E-state index in [4.69, 9.17) is 5.26 Å². The summed E-state index contributed by atoms with van der Waals surface area (Å²) in [4.78, 5) is 4.31. The fourth-order valence-electron chi connectivity index (χ4n) is 2.01. The van der Waals surface area contributed by atoms with Gasteiger partial charge in [0.25, 0.3) is 10.0 Å². The molecule has 0 bridgehead atoms. The number of rotatable bonds is 2. The zero-order chi connectivity index (χ0) is 15.0. The van der Waals surface area contributed by atoms with E-state index in [2.05, 4.69) is 4.98 Å². The predicted molar refractivity (Wildman–Crippen MR) is 86.2 cm³/mol. The number of benzene rings is 1. The van der Waals surface area contributed by atoms with Gasteiger partial charge in [-0.2, -0.15) is 5.26 Å². The highest BCUT2D eigenvalue weighted by atomic mass is 127. The monoisotopic (exact) mass is 409 g/mol. The van der Waals surface area contributed by atoms with Gasteiger partial charge in [-0.3, -0.25) is 0 Å². The molecule has 3 aromatic rings. The van der Waals surface area contributed by atoms with Crippen molar-refractivity contribution < 1.29 is 8.42 Å². The Bertz CT molecular complexity index is 973. The summed E-state index contributed by atoms with van der Waals surface area (Å²) in [6.07, 6.45) is 0. The molecule has 0 amide bonds. The Labute approximate surface area is 135 Å². The molecule has 7 heteroatoms. The lowest BCUT2D eigenvalue weighted by Gasteiger charge is -2.08. The van der Waals surface area contributed by atoms with Crippen LogP contribution in [-0.2, 0) is 10.0 Å². The number of hydrogen-bond acceptors (Lipinski definition) is 4. The summed E-state index contributed by atoms with van der Waals surface area (Å²) < 4.78 is 27.2. The van der Waals surface area contributed by atoms with Gasteiger partial charge in [-0.15, -0.1) is 0 Å². The molecular weight excluding hydrogens is 401 g/mol. The number of nitriles is 1. The fraction of sp³-hybridized carbons (Fsp3) is 0. The fourth-order valence-corrected chi connectivity index (χ4v) is 4.72. The average molecular weight is 409 g/mol. The van der Waals surface area contributed by atoms with Crippen molar-refractivity contribution in [2.24, 2.45) is 0 Å². The van der Waals surface area contributed by atoms with Crippen LogP contribution in [0.1, 0.15) is 5.69 Å². The van der Waals surface area contributed by atoms with Gasteiger partial charge >= 0.3 is 0 Å². The summed E-state index contributed by atoms with van der Waals surface area (Å²) >= 11 is 1.95. The van der Waals surface area contributed by atoms with Crippen molar-refractivity contribution in [3.63, 3.8) is 0 Å². The molecule has 0 atom stereocenters. The number of halogens is 1. The smallest absolute Gasteiger partial charge is 0.218 e. The summed E-state index contributed by atoms with van der Waals surface area (Å²) in [7, 11) is -3.74. The van der Waals surface area contributed by atoms with Crippen molar-refractivity contribution in [2.75, 3.05) is 0 Å². The highest BCUT2D eigenvalue weighted by Crippen LogP contribution is 2.25.